The first-order chi connectivity index (χ1) is 7.36. The van der Waals surface area contributed by atoms with E-state index in [-0.39, 0.29) is 32.7 Å². The summed E-state index contributed by atoms with van der Waals surface area (Å²) in [7, 11) is 1.90. The first-order valence-electron chi connectivity index (χ1n) is 6.11. The van der Waals surface area contributed by atoms with Crippen LogP contribution in [0.3, 0.4) is 0 Å². The summed E-state index contributed by atoms with van der Waals surface area (Å²) in [6.45, 7) is 11.0. The van der Waals surface area contributed by atoms with Crippen molar-refractivity contribution in [3.63, 3.8) is 0 Å². The minimum Gasteiger partial charge on any atom is -0.662 e. The summed E-state index contributed by atoms with van der Waals surface area (Å²) in [6.07, 6.45) is 7.57. The van der Waals surface area contributed by atoms with E-state index < -0.39 is 0 Å². The number of nitrogens with zero attached hydrogens (tertiary/aromatic N) is 2. The largest absolute Gasteiger partial charge is 0.662 e. The van der Waals surface area contributed by atoms with Crippen molar-refractivity contribution in [3.8, 4) is 12.3 Å². The molecule has 0 aromatic rings. The van der Waals surface area contributed by atoms with Crippen LogP contribution >= 0.6 is 0 Å². The molecular formula is C13H27N2Y-. The average molecular weight is 300 g/mol. The molecule has 1 radical (unpaired) electrons. The second-order valence-electron chi connectivity index (χ2n) is 2.97. The van der Waals surface area contributed by atoms with Crippen molar-refractivity contribution in [2.24, 2.45) is 0 Å². The molecule has 1 heterocycles. The molecule has 0 atom stereocenters. The van der Waals surface area contributed by atoms with Crippen LogP contribution in [0.4, 0.5) is 0 Å². The normalized spacial score (nSPS) is 15.5. The van der Waals surface area contributed by atoms with Gasteiger partial charge in [0.25, 0.3) is 0 Å². The van der Waals surface area contributed by atoms with Gasteiger partial charge in [-0.2, -0.15) is 7.05 Å². The summed E-state index contributed by atoms with van der Waals surface area (Å²) < 4.78 is 0. The minimum absolute atomic E-state index is 0. The Labute approximate surface area is 128 Å². The van der Waals surface area contributed by atoms with E-state index >= 15 is 0 Å². The molecular weight excluding hydrogens is 273 g/mol. The Bertz CT molecular complexity index is 147. The molecule has 1 fully saturated rings. The van der Waals surface area contributed by atoms with Crippen LogP contribution in [0.1, 0.15) is 40.5 Å². The number of likely N-dealkylation sites (tertiary alicyclic amines) is 1. The van der Waals surface area contributed by atoms with Gasteiger partial charge < -0.3 is 5.32 Å². The van der Waals surface area contributed by atoms with Crippen molar-refractivity contribution >= 4 is 0 Å². The van der Waals surface area contributed by atoms with Crippen LogP contribution in [0, 0.1) is 12.3 Å². The fourth-order valence-corrected chi connectivity index (χ4v) is 1.46. The number of hydrogen-bond donors (Lipinski definition) is 0. The molecule has 0 aromatic carbocycles. The standard InChI is InChI=1S/C9H15N2.2C2H6.Y/c1-3-6-11-7-4-9(10-2)5-8-11;2*1-2;/h1,9H,4-8H2,2H3;2*1-2H3;/q-1;;;. The summed E-state index contributed by atoms with van der Waals surface area (Å²) in [5, 5.41) is 4.26. The Hall–Kier alpha value is 0.584. The van der Waals surface area contributed by atoms with Crippen LogP contribution in [0.15, 0.2) is 0 Å². The van der Waals surface area contributed by atoms with Crippen LogP contribution in [0.5, 0.6) is 0 Å². The predicted octanol–water partition coefficient (Wildman–Crippen LogP) is 3.14. The number of terminal acetylenes is 1. The summed E-state index contributed by atoms with van der Waals surface area (Å²) in [5.41, 5.74) is 0. The van der Waals surface area contributed by atoms with Crippen LogP contribution in [0.2, 0.25) is 0 Å². The quantitative estimate of drug-likeness (QED) is 0.716. The van der Waals surface area contributed by atoms with Crippen LogP contribution < -0.4 is 0 Å². The van der Waals surface area contributed by atoms with E-state index in [9.17, 15) is 0 Å². The van der Waals surface area contributed by atoms with Crippen molar-refractivity contribution < 1.29 is 32.7 Å². The zero-order valence-corrected chi connectivity index (χ0v) is 14.5. The van der Waals surface area contributed by atoms with Gasteiger partial charge in [0.2, 0.25) is 0 Å². The molecule has 2 nitrogen and oxygen atoms in total. The molecule has 0 spiro atoms. The van der Waals surface area contributed by atoms with Gasteiger partial charge in [0, 0.05) is 32.7 Å². The first-order valence-corrected chi connectivity index (χ1v) is 6.11. The zero-order valence-electron chi connectivity index (χ0n) is 11.7. The molecule has 1 saturated heterocycles. The van der Waals surface area contributed by atoms with Gasteiger partial charge in [-0.3, -0.25) is 4.90 Å². The molecule has 1 rings (SSSR count). The minimum atomic E-state index is 0. The van der Waals surface area contributed by atoms with Gasteiger partial charge in [-0.25, -0.2) is 0 Å². The van der Waals surface area contributed by atoms with Crippen LogP contribution in [-0.4, -0.2) is 37.6 Å². The average Bonchev–Trinajstić information content (AvgIpc) is 2.36. The predicted molar refractivity (Wildman–Crippen MR) is 70.3 cm³/mol. The summed E-state index contributed by atoms with van der Waals surface area (Å²) in [6, 6.07) is 0.587. The molecule has 93 valence electrons. The third kappa shape index (κ3) is 11.1. The molecule has 0 saturated carbocycles. The Balaban J connectivity index is -0.000000305. The Morgan fingerprint density at radius 2 is 1.62 bits per heavy atom. The van der Waals surface area contributed by atoms with E-state index in [2.05, 4.69) is 16.1 Å². The molecule has 3 heteroatoms. The monoisotopic (exact) mass is 300 g/mol. The Morgan fingerprint density at radius 3 is 1.94 bits per heavy atom. The third-order valence-electron chi connectivity index (χ3n) is 2.24. The SMILES string of the molecule is C#CCN1CCC([N-]C)CC1.CC.CC.[Y]. The van der Waals surface area contributed by atoms with E-state index in [0.29, 0.717) is 6.04 Å². The van der Waals surface area contributed by atoms with Crippen LogP contribution in [-0.2, 0) is 32.7 Å². The van der Waals surface area contributed by atoms with Gasteiger partial charge in [0.1, 0.15) is 0 Å². The van der Waals surface area contributed by atoms with Gasteiger partial charge >= 0.3 is 0 Å². The summed E-state index contributed by atoms with van der Waals surface area (Å²) >= 11 is 0. The van der Waals surface area contributed by atoms with Crippen molar-refractivity contribution in [2.75, 3.05) is 26.7 Å². The Morgan fingerprint density at radius 1 is 1.19 bits per heavy atom. The van der Waals surface area contributed by atoms with Crippen molar-refractivity contribution in [2.45, 2.75) is 46.6 Å². The number of rotatable bonds is 2. The van der Waals surface area contributed by atoms with E-state index in [1.54, 1.807) is 0 Å². The van der Waals surface area contributed by atoms with Crippen molar-refractivity contribution in [1.29, 1.82) is 0 Å². The summed E-state index contributed by atoms with van der Waals surface area (Å²) in [5.74, 6) is 2.67. The van der Waals surface area contributed by atoms with Crippen molar-refractivity contribution in [3.05, 3.63) is 5.32 Å². The molecule has 0 unspecified atom stereocenters. The maximum atomic E-state index is 5.21. The first kappa shape index (κ1) is 21.8. The van der Waals surface area contributed by atoms with Crippen LogP contribution in [0.25, 0.3) is 5.32 Å². The van der Waals surface area contributed by atoms with E-state index in [1.165, 1.54) is 12.8 Å². The zero-order chi connectivity index (χ0) is 12.1. The molecule has 0 aliphatic carbocycles. The fourth-order valence-electron chi connectivity index (χ4n) is 1.46. The smallest absolute Gasteiger partial charge is 0.0598 e. The second kappa shape index (κ2) is 18.0. The van der Waals surface area contributed by atoms with E-state index in [1.807, 2.05) is 34.7 Å². The van der Waals surface area contributed by atoms with Crippen molar-refractivity contribution in [1.82, 2.24) is 4.90 Å². The van der Waals surface area contributed by atoms with Gasteiger partial charge in [0.05, 0.1) is 6.54 Å². The van der Waals surface area contributed by atoms with Gasteiger partial charge in [-0.05, 0) is 13.1 Å². The van der Waals surface area contributed by atoms with Gasteiger partial charge in [-0.1, -0.05) is 46.5 Å². The van der Waals surface area contributed by atoms with E-state index in [0.717, 1.165) is 19.6 Å². The molecule has 1 aliphatic heterocycles. The Kier molecular flexibility index (Phi) is 24.5. The fraction of sp³-hybridized carbons (Fsp3) is 0.846. The van der Waals surface area contributed by atoms with Gasteiger partial charge in [0.15, 0.2) is 0 Å². The second-order valence-corrected chi connectivity index (χ2v) is 2.97. The molecule has 0 amide bonds. The molecule has 16 heavy (non-hydrogen) atoms. The van der Waals surface area contributed by atoms with Gasteiger partial charge in [-0.15, -0.1) is 12.5 Å². The molecule has 0 aromatic heterocycles. The van der Waals surface area contributed by atoms with E-state index in [4.69, 9.17) is 6.42 Å². The maximum absolute atomic E-state index is 5.21. The summed E-state index contributed by atoms with van der Waals surface area (Å²) in [4.78, 5) is 2.31. The number of piperidine rings is 1. The topological polar surface area (TPSA) is 17.3 Å². The number of hydrogen-bond acceptors (Lipinski definition) is 1. The molecule has 1 aliphatic rings. The third-order valence-corrected chi connectivity index (χ3v) is 2.24. The molecule has 0 N–H and O–H groups in total. The maximum Gasteiger partial charge on any atom is 0.0598 e. The molecule has 0 bridgehead atoms.